The Morgan fingerprint density at radius 2 is 1.78 bits per heavy atom. The van der Waals surface area contributed by atoms with Crippen molar-refractivity contribution in [1.82, 2.24) is 9.71 Å². The van der Waals surface area contributed by atoms with E-state index in [1.165, 1.54) is 0 Å². The van der Waals surface area contributed by atoms with Gasteiger partial charge in [-0.25, -0.2) is 13.1 Å². The van der Waals surface area contributed by atoms with Gasteiger partial charge in [0.25, 0.3) is 0 Å². The third kappa shape index (κ3) is 4.53. The van der Waals surface area contributed by atoms with Crippen molar-refractivity contribution in [3.05, 3.63) is 78.6 Å². The molecule has 0 bridgehead atoms. The van der Waals surface area contributed by atoms with Gasteiger partial charge in [0.05, 0.1) is 11.1 Å². The van der Waals surface area contributed by atoms with Gasteiger partial charge in [-0.15, -0.1) is 0 Å². The Hall–Kier alpha value is -2.70. The van der Waals surface area contributed by atoms with Crippen molar-refractivity contribution in [2.45, 2.75) is 30.4 Å². The van der Waals surface area contributed by atoms with Gasteiger partial charge in [0.2, 0.25) is 10.0 Å². The van der Waals surface area contributed by atoms with Crippen molar-refractivity contribution in [3.63, 3.8) is 0 Å². The van der Waals surface area contributed by atoms with Crippen LogP contribution < -0.4 is 9.46 Å². The molecule has 1 heterocycles. The standard InChI is InChI=1S/C21H20N2O3S/c24-27(25,23-19-9-10-19)21-8-4-7-17(12-21)18-11-20(14-22-13-18)26-15-16-5-2-1-3-6-16/h1-8,11-14,19,23H,9-10,15H2. The minimum Gasteiger partial charge on any atom is -0.487 e. The van der Waals surface area contributed by atoms with Crippen molar-refractivity contribution >= 4 is 10.0 Å². The zero-order chi connectivity index (χ0) is 18.7. The summed E-state index contributed by atoms with van der Waals surface area (Å²) in [6.07, 6.45) is 5.17. The predicted octanol–water partition coefficient (Wildman–Crippen LogP) is 3.77. The third-order valence-corrected chi connectivity index (χ3v) is 5.86. The molecule has 1 N–H and O–H groups in total. The molecule has 5 nitrogen and oxygen atoms in total. The number of ether oxygens (including phenoxy) is 1. The van der Waals surface area contributed by atoms with Crippen molar-refractivity contribution < 1.29 is 13.2 Å². The van der Waals surface area contributed by atoms with E-state index in [4.69, 9.17) is 4.74 Å². The number of sulfonamides is 1. The van der Waals surface area contributed by atoms with Crippen LogP contribution >= 0.6 is 0 Å². The Kier molecular flexibility index (Phi) is 4.92. The van der Waals surface area contributed by atoms with Gasteiger partial charge in [0.1, 0.15) is 12.4 Å². The summed E-state index contributed by atoms with van der Waals surface area (Å²) in [6, 6.07) is 18.7. The van der Waals surface area contributed by atoms with Crippen LogP contribution in [0.3, 0.4) is 0 Å². The summed E-state index contributed by atoms with van der Waals surface area (Å²) in [5.41, 5.74) is 2.66. The second-order valence-corrected chi connectivity index (χ2v) is 8.32. The summed E-state index contributed by atoms with van der Waals surface area (Å²) in [6.45, 7) is 0.450. The molecular formula is C21H20N2O3S. The topological polar surface area (TPSA) is 68.3 Å². The zero-order valence-electron chi connectivity index (χ0n) is 14.7. The Labute approximate surface area is 159 Å². The Bertz CT molecular complexity index is 1030. The molecule has 27 heavy (non-hydrogen) atoms. The first-order valence-electron chi connectivity index (χ1n) is 8.85. The highest BCUT2D eigenvalue weighted by molar-refractivity contribution is 7.89. The number of hydrogen-bond acceptors (Lipinski definition) is 4. The normalized spacial score (nSPS) is 14.1. The van der Waals surface area contributed by atoms with Gasteiger partial charge in [-0.2, -0.15) is 0 Å². The Morgan fingerprint density at radius 3 is 2.56 bits per heavy atom. The molecule has 0 spiro atoms. The molecule has 4 rings (SSSR count). The minimum atomic E-state index is -3.49. The molecule has 2 aromatic carbocycles. The van der Waals surface area contributed by atoms with Crippen LogP contribution in [0.2, 0.25) is 0 Å². The number of hydrogen-bond donors (Lipinski definition) is 1. The average Bonchev–Trinajstić information content (AvgIpc) is 3.51. The highest BCUT2D eigenvalue weighted by atomic mass is 32.2. The van der Waals surface area contributed by atoms with Gasteiger partial charge in [0.15, 0.2) is 0 Å². The van der Waals surface area contributed by atoms with Crippen LogP contribution in [-0.4, -0.2) is 19.4 Å². The summed E-state index contributed by atoms with van der Waals surface area (Å²) in [5.74, 6) is 0.640. The maximum Gasteiger partial charge on any atom is 0.240 e. The molecule has 0 atom stereocenters. The number of benzene rings is 2. The minimum absolute atomic E-state index is 0.0787. The second-order valence-electron chi connectivity index (χ2n) is 6.61. The molecular weight excluding hydrogens is 360 g/mol. The van der Waals surface area contributed by atoms with Crippen LogP contribution in [0.4, 0.5) is 0 Å². The summed E-state index contributed by atoms with van der Waals surface area (Å²) >= 11 is 0. The fourth-order valence-electron chi connectivity index (χ4n) is 2.73. The van der Waals surface area contributed by atoms with E-state index in [0.717, 1.165) is 29.5 Å². The molecule has 6 heteroatoms. The number of nitrogens with zero attached hydrogens (tertiary/aromatic N) is 1. The highest BCUT2D eigenvalue weighted by Gasteiger charge is 2.28. The monoisotopic (exact) mass is 380 g/mol. The van der Waals surface area contributed by atoms with Crippen LogP contribution in [0, 0.1) is 0 Å². The Morgan fingerprint density at radius 1 is 0.963 bits per heavy atom. The van der Waals surface area contributed by atoms with Crippen LogP contribution in [-0.2, 0) is 16.6 Å². The number of aromatic nitrogens is 1. The fourth-order valence-corrected chi connectivity index (χ4v) is 4.08. The molecule has 1 fully saturated rings. The first-order chi connectivity index (χ1) is 13.1. The van der Waals surface area contributed by atoms with E-state index < -0.39 is 10.0 Å². The maximum absolute atomic E-state index is 12.4. The van der Waals surface area contributed by atoms with Gasteiger partial charge in [-0.1, -0.05) is 42.5 Å². The fraction of sp³-hybridized carbons (Fsp3) is 0.190. The van der Waals surface area contributed by atoms with Gasteiger partial charge >= 0.3 is 0 Å². The van der Waals surface area contributed by atoms with Gasteiger partial charge in [-0.05, 0) is 42.2 Å². The molecule has 3 aromatic rings. The van der Waals surface area contributed by atoms with Crippen molar-refractivity contribution in [2.75, 3.05) is 0 Å². The molecule has 0 saturated heterocycles. The summed E-state index contributed by atoms with van der Waals surface area (Å²) in [4.78, 5) is 4.50. The smallest absolute Gasteiger partial charge is 0.240 e. The molecule has 138 valence electrons. The average molecular weight is 380 g/mol. The van der Waals surface area contributed by atoms with E-state index in [0.29, 0.717) is 12.4 Å². The lowest BCUT2D eigenvalue weighted by Crippen LogP contribution is -2.25. The lowest BCUT2D eigenvalue weighted by Gasteiger charge is -2.10. The first kappa shape index (κ1) is 17.7. The summed E-state index contributed by atoms with van der Waals surface area (Å²) < 4.78 is 33.4. The summed E-state index contributed by atoms with van der Waals surface area (Å²) in [7, 11) is -3.49. The molecule has 0 aliphatic heterocycles. The molecule has 0 amide bonds. The zero-order valence-corrected chi connectivity index (χ0v) is 15.5. The molecule has 1 aliphatic rings. The molecule has 1 aliphatic carbocycles. The quantitative estimate of drug-likeness (QED) is 0.677. The molecule has 1 aromatic heterocycles. The largest absolute Gasteiger partial charge is 0.487 e. The molecule has 1 saturated carbocycles. The van der Waals surface area contributed by atoms with Crippen molar-refractivity contribution in [3.8, 4) is 16.9 Å². The molecule has 0 unspecified atom stereocenters. The van der Waals surface area contributed by atoms with E-state index in [9.17, 15) is 8.42 Å². The first-order valence-corrected chi connectivity index (χ1v) is 10.3. The predicted molar refractivity (Wildman–Crippen MR) is 104 cm³/mol. The van der Waals surface area contributed by atoms with Crippen LogP contribution in [0.5, 0.6) is 5.75 Å². The van der Waals surface area contributed by atoms with E-state index in [1.807, 2.05) is 42.5 Å². The van der Waals surface area contributed by atoms with Crippen molar-refractivity contribution in [2.24, 2.45) is 0 Å². The van der Waals surface area contributed by atoms with E-state index in [-0.39, 0.29) is 10.9 Å². The highest BCUT2D eigenvalue weighted by Crippen LogP contribution is 2.27. The number of pyridine rings is 1. The van der Waals surface area contributed by atoms with E-state index in [1.54, 1.807) is 30.6 Å². The van der Waals surface area contributed by atoms with Crippen LogP contribution in [0.1, 0.15) is 18.4 Å². The lowest BCUT2D eigenvalue weighted by molar-refractivity contribution is 0.305. The summed E-state index contributed by atoms with van der Waals surface area (Å²) in [5, 5.41) is 0. The van der Waals surface area contributed by atoms with E-state index >= 15 is 0 Å². The third-order valence-electron chi connectivity index (χ3n) is 4.34. The van der Waals surface area contributed by atoms with Crippen LogP contribution in [0.15, 0.2) is 78.0 Å². The second kappa shape index (κ2) is 7.50. The molecule has 0 radical (unpaired) electrons. The SMILES string of the molecule is O=S(=O)(NC1CC1)c1cccc(-c2cncc(OCc3ccccc3)c2)c1. The maximum atomic E-state index is 12.4. The van der Waals surface area contributed by atoms with Crippen molar-refractivity contribution in [1.29, 1.82) is 0 Å². The van der Waals surface area contributed by atoms with Gasteiger partial charge in [0, 0.05) is 17.8 Å². The lowest BCUT2D eigenvalue weighted by atomic mass is 10.1. The van der Waals surface area contributed by atoms with Gasteiger partial charge in [-0.3, -0.25) is 4.98 Å². The number of nitrogens with one attached hydrogen (secondary N) is 1. The van der Waals surface area contributed by atoms with Crippen LogP contribution in [0.25, 0.3) is 11.1 Å². The Balaban J connectivity index is 1.54. The van der Waals surface area contributed by atoms with E-state index in [2.05, 4.69) is 9.71 Å². The number of rotatable bonds is 7. The van der Waals surface area contributed by atoms with Gasteiger partial charge < -0.3 is 4.74 Å².